The van der Waals surface area contributed by atoms with Gasteiger partial charge in [0.1, 0.15) is 0 Å². The van der Waals surface area contributed by atoms with Gasteiger partial charge in [0.25, 0.3) is 0 Å². The van der Waals surface area contributed by atoms with Crippen molar-refractivity contribution in [2.24, 2.45) is 0 Å². The van der Waals surface area contributed by atoms with E-state index in [4.69, 9.17) is 0 Å². The lowest BCUT2D eigenvalue weighted by Crippen LogP contribution is -2.20. The van der Waals surface area contributed by atoms with Gasteiger partial charge >= 0.3 is 0 Å². The molecule has 0 bridgehead atoms. The molecule has 1 aliphatic rings. The molecule has 0 unspecified atom stereocenters. The molecule has 1 aliphatic heterocycles. The summed E-state index contributed by atoms with van der Waals surface area (Å²) in [4.78, 5) is 4.59. The van der Waals surface area contributed by atoms with Crippen LogP contribution in [0, 0.1) is 6.92 Å². The molecule has 2 nitrogen and oxygen atoms in total. The fourth-order valence-electron chi connectivity index (χ4n) is 2.40. The third-order valence-electron chi connectivity index (χ3n) is 3.28. The number of hydrogen-bond acceptors (Lipinski definition) is 2. The highest BCUT2D eigenvalue weighted by molar-refractivity contribution is 5.92. The van der Waals surface area contributed by atoms with Gasteiger partial charge in [0.15, 0.2) is 0 Å². The molecule has 17 heavy (non-hydrogen) atoms. The van der Waals surface area contributed by atoms with Gasteiger partial charge in [-0.2, -0.15) is 0 Å². The second-order valence-corrected chi connectivity index (χ2v) is 4.51. The first-order valence-corrected chi connectivity index (χ1v) is 6.11. The maximum Gasteiger partial charge on any atom is 0.0711 e. The zero-order valence-corrected chi connectivity index (χ0v) is 10.0. The van der Waals surface area contributed by atoms with Gasteiger partial charge in [-0.3, -0.25) is 4.98 Å². The maximum atomic E-state index is 4.59. The van der Waals surface area contributed by atoms with Crippen LogP contribution >= 0.6 is 0 Å². The van der Waals surface area contributed by atoms with Crippen molar-refractivity contribution in [3.63, 3.8) is 0 Å². The molecule has 1 aromatic carbocycles. The van der Waals surface area contributed by atoms with E-state index < -0.39 is 0 Å². The van der Waals surface area contributed by atoms with Crippen molar-refractivity contribution < 1.29 is 0 Å². The van der Waals surface area contributed by atoms with Gasteiger partial charge in [-0.1, -0.05) is 24.3 Å². The number of nitrogens with one attached hydrogen (secondary N) is 1. The molecule has 1 N–H and O–H groups in total. The Hall–Kier alpha value is -1.67. The van der Waals surface area contributed by atoms with Crippen molar-refractivity contribution in [1.82, 2.24) is 10.3 Å². The highest BCUT2D eigenvalue weighted by atomic mass is 14.8. The third kappa shape index (κ3) is 1.96. The minimum Gasteiger partial charge on any atom is -0.313 e. The number of aromatic nitrogens is 1. The number of rotatable bonds is 1. The second kappa shape index (κ2) is 4.30. The molecule has 0 spiro atoms. The van der Waals surface area contributed by atoms with Crippen LogP contribution < -0.4 is 5.32 Å². The number of pyridine rings is 1. The summed E-state index contributed by atoms with van der Waals surface area (Å²) in [5.74, 6) is 0. The Labute approximate surface area is 101 Å². The number of aryl methyl sites for hydroxylation is 1. The molecule has 0 radical (unpaired) electrons. The fourth-order valence-corrected chi connectivity index (χ4v) is 2.40. The van der Waals surface area contributed by atoms with E-state index in [1.807, 2.05) is 6.92 Å². The van der Waals surface area contributed by atoms with E-state index >= 15 is 0 Å². The van der Waals surface area contributed by atoms with E-state index in [0.717, 1.165) is 30.7 Å². The Kier molecular flexibility index (Phi) is 2.65. The van der Waals surface area contributed by atoms with Crippen molar-refractivity contribution in [3.8, 4) is 0 Å². The number of fused-ring (bicyclic) bond motifs is 1. The Morgan fingerprint density at radius 3 is 2.94 bits per heavy atom. The zero-order chi connectivity index (χ0) is 11.7. The number of hydrogen-bond donors (Lipinski definition) is 1. The van der Waals surface area contributed by atoms with Crippen molar-refractivity contribution >= 4 is 16.5 Å². The molecule has 0 atom stereocenters. The quantitative estimate of drug-likeness (QED) is 0.805. The summed E-state index contributed by atoms with van der Waals surface area (Å²) >= 11 is 0. The zero-order valence-electron chi connectivity index (χ0n) is 10.0. The standard InChI is InChI=1S/C15H16N2/c1-11-5-6-14-13(3-2-4-15(14)17-11)12-7-9-16-10-8-12/h2-7,16H,8-10H2,1H3. The number of nitrogens with zero attached hydrogens (tertiary/aromatic N) is 1. The van der Waals surface area contributed by atoms with Crippen LogP contribution in [-0.2, 0) is 0 Å². The van der Waals surface area contributed by atoms with Gasteiger partial charge in [-0.05, 0) is 43.2 Å². The molecule has 86 valence electrons. The fraction of sp³-hybridized carbons (Fsp3) is 0.267. The molecule has 1 aromatic heterocycles. The minimum atomic E-state index is 0.977. The molecule has 3 rings (SSSR count). The van der Waals surface area contributed by atoms with Crippen LogP contribution in [0.4, 0.5) is 0 Å². The first-order chi connectivity index (χ1) is 8.34. The van der Waals surface area contributed by atoms with Crippen molar-refractivity contribution in [2.75, 3.05) is 13.1 Å². The normalized spacial score (nSPS) is 15.9. The van der Waals surface area contributed by atoms with E-state index in [2.05, 4.69) is 46.7 Å². The predicted octanol–water partition coefficient (Wildman–Crippen LogP) is 2.92. The van der Waals surface area contributed by atoms with Crippen molar-refractivity contribution in [2.45, 2.75) is 13.3 Å². The van der Waals surface area contributed by atoms with Crippen molar-refractivity contribution in [1.29, 1.82) is 0 Å². The first-order valence-electron chi connectivity index (χ1n) is 6.11. The van der Waals surface area contributed by atoms with Crippen LogP contribution in [0.2, 0.25) is 0 Å². The van der Waals surface area contributed by atoms with E-state index in [-0.39, 0.29) is 0 Å². The lowest BCUT2D eigenvalue weighted by molar-refractivity contribution is 0.739. The predicted molar refractivity (Wildman–Crippen MR) is 71.9 cm³/mol. The van der Waals surface area contributed by atoms with Gasteiger partial charge in [0, 0.05) is 17.6 Å². The first kappa shape index (κ1) is 10.5. The summed E-state index contributed by atoms with van der Waals surface area (Å²) in [5.41, 5.74) is 4.97. The van der Waals surface area contributed by atoms with Gasteiger partial charge < -0.3 is 5.32 Å². The summed E-state index contributed by atoms with van der Waals surface area (Å²) < 4.78 is 0. The molecule has 0 fully saturated rings. The Morgan fingerprint density at radius 2 is 2.12 bits per heavy atom. The highest BCUT2D eigenvalue weighted by Crippen LogP contribution is 2.27. The number of benzene rings is 1. The van der Waals surface area contributed by atoms with E-state index in [1.165, 1.54) is 16.5 Å². The molecular formula is C15H16N2. The second-order valence-electron chi connectivity index (χ2n) is 4.51. The largest absolute Gasteiger partial charge is 0.313 e. The smallest absolute Gasteiger partial charge is 0.0711 e. The van der Waals surface area contributed by atoms with E-state index in [1.54, 1.807) is 0 Å². The monoisotopic (exact) mass is 224 g/mol. The van der Waals surface area contributed by atoms with Crippen LogP contribution in [0.3, 0.4) is 0 Å². The maximum absolute atomic E-state index is 4.59. The lowest BCUT2D eigenvalue weighted by atomic mass is 9.96. The lowest BCUT2D eigenvalue weighted by Gasteiger charge is -2.16. The van der Waals surface area contributed by atoms with Crippen LogP contribution in [0.1, 0.15) is 17.7 Å². The van der Waals surface area contributed by atoms with E-state index in [9.17, 15) is 0 Å². The SMILES string of the molecule is Cc1ccc2c(C3=CCNCC3)cccc2n1. The highest BCUT2D eigenvalue weighted by Gasteiger charge is 2.09. The molecule has 0 saturated heterocycles. The summed E-state index contributed by atoms with van der Waals surface area (Å²) in [6, 6.07) is 10.7. The van der Waals surface area contributed by atoms with Crippen LogP contribution in [0.15, 0.2) is 36.4 Å². The summed E-state index contributed by atoms with van der Waals surface area (Å²) in [6.07, 6.45) is 3.39. The molecule has 0 aliphatic carbocycles. The molecule has 2 aromatic rings. The molecule has 2 heteroatoms. The summed E-state index contributed by atoms with van der Waals surface area (Å²) in [7, 11) is 0. The van der Waals surface area contributed by atoms with Gasteiger partial charge in [-0.15, -0.1) is 0 Å². The molecular weight excluding hydrogens is 208 g/mol. The summed E-state index contributed by atoms with van der Waals surface area (Å²) in [6.45, 7) is 4.09. The van der Waals surface area contributed by atoms with Gasteiger partial charge in [0.2, 0.25) is 0 Å². The van der Waals surface area contributed by atoms with Crippen LogP contribution in [-0.4, -0.2) is 18.1 Å². The topological polar surface area (TPSA) is 24.9 Å². The molecule has 0 amide bonds. The Bertz CT molecular complexity index is 584. The van der Waals surface area contributed by atoms with Crippen molar-refractivity contribution in [3.05, 3.63) is 47.7 Å². The third-order valence-corrected chi connectivity index (χ3v) is 3.28. The average molecular weight is 224 g/mol. The molecule has 2 heterocycles. The molecule has 0 saturated carbocycles. The minimum absolute atomic E-state index is 0.977. The van der Waals surface area contributed by atoms with Gasteiger partial charge in [0.05, 0.1) is 5.52 Å². The Morgan fingerprint density at radius 1 is 1.18 bits per heavy atom. The summed E-state index contributed by atoms with van der Waals surface area (Å²) in [5, 5.41) is 4.62. The van der Waals surface area contributed by atoms with E-state index in [0.29, 0.717) is 0 Å². The Balaban J connectivity index is 2.19. The average Bonchev–Trinajstić information content (AvgIpc) is 2.39. The van der Waals surface area contributed by atoms with Gasteiger partial charge in [-0.25, -0.2) is 0 Å². The van der Waals surface area contributed by atoms with Crippen LogP contribution in [0.25, 0.3) is 16.5 Å². The van der Waals surface area contributed by atoms with Crippen LogP contribution in [0.5, 0.6) is 0 Å².